The normalized spacial score (nSPS) is 12.5. The summed E-state index contributed by atoms with van der Waals surface area (Å²) in [4.78, 5) is 10.5. The molecule has 220 valence electrons. The minimum absolute atomic E-state index is 0.988. The summed E-state index contributed by atoms with van der Waals surface area (Å²) in [5, 5.41) is 0. The van der Waals surface area contributed by atoms with Crippen LogP contribution in [-0.4, -0.2) is 11.4 Å². The number of aliphatic imine (C=N–C) groups is 2. The highest BCUT2D eigenvalue weighted by Gasteiger charge is 2.12. The molecule has 2 rings (SSSR count). The Morgan fingerprint density at radius 3 is 1.68 bits per heavy atom. The Hall–Kier alpha value is -2.48. The van der Waals surface area contributed by atoms with Crippen molar-refractivity contribution in [2.45, 2.75) is 144 Å². The number of hydrogen-bond donors (Lipinski definition) is 0. The molecule has 0 aliphatic heterocycles. The smallest absolute Gasteiger partial charge is 0.0636 e. The Labute approximate surface area is 247 Å². The summed E-state index contributed by atoms with van der Waals surface area (Å²) in [6.45, 7) is 11.3. The lowest BCUT2D eigenvalue weighted by molar-refractivity contribution is 0.758. The lowest BCUT2D eigenvalue weighted by Crippen LogP contribution is -2.14. The lowest BCUT2D eigenvalue weighted by atomic mass is 9.97. The van der Waals surface area contributed by atoms with E-state index in [2.05, 4.69) is 89.2 Å². The molecule has 2 aromatic carbocycles. The van der Waals surface area contributed by atoms with E-state index in [9.17, 15) is 0 Å². The fraction of sp³-hybridized carbons (Fsp3) is 0.579. The van der Waals surface area contributed by atoms with Crippen LogP contribution in [0.5, 0.6) is 0 Å². The van der Waals surface area contributed by atoms with Crippen molar-refractivity contribution < 1.29 is 0 Å². The summed E-state index contributed by atoms with van der Waals surface area (Å²) < 4.78 is 0. The standard InChI is InChI=1S/C38H58N2/c1-6-11-16-17-18-19-20-32-25-28-35(29-26-32)39-37(23-14-9-4)38(24-15-10-5)40-36-30-27-33(21-12-7-2)34(31-36)22-13-8-3/h16-17,25-31H,6-15,18-24H2,1-5H3/b17-16+,39-37?,40-38?. The van der Waals surface area contributed by atoms with Gasteiger partial charge in [0.15, 0.2) is 0 Å². The number of allylic oxidation sites excluding steroid dienone is 2. The van der Waals surface area contributed by atoms with E-state index in [4.69, 9.17) is 9.98 Å². The molecule has 0 unspecified atom stereocenters. The molecule has 0 fully saturated rings. The number of rotatable bonds is 21. The molecule has 0 aromatic heterocycles. The van der Waals surface area contributed by atoms with Gasteiger partial charge in [-0.3, -0.25) is 9.98 Å². The van der Waals surface area contributed by atoms with Crippen molar-refractivity contribution in [3.05, 3.63) is 71.3 Å². The van der Waals surface area contributed by atoms with Gasteiger partial charge in [-0.25, -0.2) is 0 Å². The number of benzene rings is 2. The zero-order valence-corrected chi connectivity index (χ0v) is 26.6. The first kappa shape index (κ1) is 33.7. The average Bonchev–Trinajstić information content (AvgIpc) is 2.98. The molecule has 0 atom stereocenters. The van der Waals surface area contributed by atoms with Crippen LogP contribution in [0.25, 0.3) is 0 Å². The van der Waals surface area contributed by atoms with E-state index >= 15 is 0 Å². The Morgan fingerprint density at radius 2 is 1.07 bits per heavy atom. The van der Waals surface area contributed by atoms with Gasteiger partial charge in [0.1, 0.15) is 0 Å². The van der Waals surface area contributed by atoms with Crippen LogP contribution in [0.2, 0.25) is 0 Å². The molecule has 2 nitrogen and oxygen atoms in total. The molecule has 0 N–H and O–H groups in total. The van der Waals surface area contributed by atoms with Gasteiger partial charge < -0.3 is 0 Å². The molecule has 2 aromatic rings. The Bertz CT molecular complexity index is 1030. The molecule has 2 heteroatoms. The highest BCUT2D eigenvalue weighted by molar-refractivity contribution is 6.43. The molecule has 0 aliphatic carbocycles. The van der Waals surface area contributed by atoms with Gasteiger partial charge in [-0.05, 0) is 118 Å². The number of aryl methyl sites for hydroxylation is 3. The molecule has 0 radical (unpaired) electrons. The van der Waals surface area contributed by atoms with Crippen molar-refractivity contribution in [2.24, 2.45) is 9.98 Å². The third-order valence-corrected chi connectivity index (χ3v) is 7.58. The second-order valence-corrected chi connectivity index (χ2v) is 11.3. The average molecular weight is 543 g/mol. The highest BCUT2D eigenvalue weighted by atomic mass is 14.8. The summed E-state index contributed by atoms with van der Waals surface area (Å²) in [5.74, 6) is 0. The van der Waals surface area contributed by atoms with Crippen LogP contribution in [0.3, 0.4) is 0 Å². The van der Waals surface area contributed by atoms with Crippen molar-refractivity contribution in [3.8, 4) is 0 Å². The summed E-state index contributed by atoms with van der Waals surface area (Å²) in [6, 6.07) is 15.9. The van der Waals surface area contributed by atoms with Crippen molar-refractivity contribution in [2.75, 3.05) is 0 Å². The highest BCUT2D eigenvalue weighted by Crippen LogP contribution is 2.24. The largest absolute Gasteiger partial charge is 0.252 e. The third-order valence-electron chi connectivity index (χ3n) is 7.58. The molecular weight excluding hydrogens is 484 g/mol. The van der Waals surface area contributed by atoms with Gasteiger partial charge in [0, 0.05) is 0 Å². The molecule has 0 bridgehead atoms. The summed E-state index contributed by atoms with van der Waals surface area (Å²) in [5.41, 5.74) is 8.93. The van der Waals surface area contributed by atoms with Crippen LogP contribution in [0, 0.1) is 0 Å². The third kappa shape index (κ3) is 13.2. The second-order valence-electron chi connectivity index (χ2n) is 11.3. The van der Waals surface area contributed by atoms with Crippen molar-refractivity contribution in [1.82, 2.24) is 0 Å². The van der Waals surface area contributed by atoms with E-state index in [1.54, 1.807) is 0 Å². The van der Waals surface area contributed by atoms with Crippen LogP contribution in [0.4, 0.5) is 11.4 Å². The van der Waals surface area contributed by atoms with E-state index < -0.39 is 0 Å². The van der Waals surface area contributed by atoms with Gasteiger partial charge in [-0.15, -0.1) is 0 Å². The summed E-state index contributed by atoms with van der Waals surface area (Å²) in [6.07, 6.45) is 24.5. The number of nitrogens with zero attached hydrogens (tertiary/aromatic N) is 2. The van der Waals surface area contributed by atoms with Crippen LogP contribution in [0.1, 0.15) is 141 Å². The fourth-order valence-electron chi connectivity index (χ4n) is 4.99. The molecular formula is C38H58N2. The first-order valence-electron chi connectivity index (χ1n) is 16.7. The molecule has 0 spiro atoms. The predicted molar refractivity (Wildman–Crippen MR) is 180 cm³/mol. The van der Waals surface area contributed by atoms with Crippen molar-refractivity contribution in [3.63, 3.8) is 0 Å². The molecule has 0 saturated carbocycles. The maximum atomic E-state index is 5.30. The molecule has 0 aliphatic rings. The van der Waals surface area contributed by atoms with Gasteiger partial charge in [-0.2, -0.15) is 0 Å². The number of hydrogen-bond acceptors (Lipinski definition) is 2. The quantitative estimate of drug-likeness (QED) is 0.0851. The van der Waals surface area contributed by atoms with E-state index in [1.807, 2.05) is 0 Å². The minimum atomic E-state index is 0.988. The van der Waals surface area contributed by atoms with Gasteiger partial charge in [0.05, 0.1) is 22.8 Å². The summed E-state index contributed by atoms with van der Waals surface area (Å²) >= 11 is 0. The Kier molecular flexibility index (Phi) is 18.0. The second kappa shape index (κ2) is 21.3. The minimum Gasteiger partial charge on any atom is -0.252 e. The molecule has 40 heavy (non-hydrogen) atoms. The zero-order valence-electron chi connectivity index (χ0n) is 26.6. The summed E-state index contributed by atoms with van der Waals surface area (Å²) in [7, 11) is 0. The van der Waals surface area contributed by atoms with Gasteiger partial charge >= 0.3 is 0 Å². The lowest BCUT2D eigenvalue weighted by Gasteiger charge is -2.13. The van der Waals surface area contributed by atoms with Gasteiger partial charge in [0.25, 0.3) is 0 Å². The predicted octanol–water partition coefficient (Wildman–Crippen LogP) is 12.3. The zero-order chi connectivity index (χ0) is 28.8. The van der Waals surface area contributed by atoms with E-state index in [-0.39, 0.29) is 0 Å². The van der Waals surface area contributed by atoms with E-state index in [1.165, 1.54) is 92.3 Å². The first-order chi connectivity index (χ1) is 19.6. The Balaban J connectivity index is 2.31. The SMILES string of the molecule is CCC/C=C/CCCc1ccc(N=C(CCCC)C(CCCC)=Nc2ccc(CCCC)c(CCCC)c2)cc1. The fourth-order valence-corrected chi connectivity index (χ4v) is 4.99. The molecule has 0 heterocycles. The topological polar surface area (TPSA) is 24.7 Å². The molecule has 0 amide bonds. The van der Waals surface area contributed by atoms with Crippen LogP contribution in [0.15, 0.2) is 64.6 Å². The van der Waals surface area contributed by atoms with Crippen molar-refractivity contribution >= 4 is 22.8 Å². The van der Waals surface area contributed by atoms with Crippen LogP contribution in [-0.2, 0) is 19.3 Å². The number of unbranched alkanes of at least 4 members (excludes halogenated alkanes) is 6. The van der Waals surface area contributed by atoms with Crippen LogP contribution < -0.4 is 0 Å². The molecule has 0 saturated heterocycles. The maximum Gasteiger partial charge on any atom is 0.0636 e. The maximum absolute atomic E-state index is 5.30. The first-order valence-corrected chi connectivity index (χ1v) is 16.7. The van der Waals surface area contributed by atoms with Crippen molar-refractivity contribution in [1.29, 1.82) is 0 Å². The van der Waals surface area contributed by atoms with E-state index in [0.29, 0.717) is 0 Å². The monoisotopic (exact) mass is 542 g/mol. The Morgan fingerprint density at radius 1 is 0.525 bits per heavy atom. The van der Waals surface area contributed by atoms with Crippen LogP contribution >= 0.6 is 0 Å². The van der Waals surface area contributed by atoms with E-state index in [0.717, 1.165) is 56.3 Å². The van der Waals surface area contributed by atoms with Gasteiger partial charge in [0.2, 0.25) is 0 Å². The van der Waals surface area contributed by atoms with Gasteiger partial charge in [-0.1, -0.05) is 97.1 Å².